The van der Waals surface area contributed by atoms with Crippen molar-refractivity contribution in [3.05, 3.63) is 63.0 Å². The second kappa shape index (κ2) is 6.75. The van der Waals surface area contributed by atoms with Gasteiger partial charge in [-0.1, -0.05) is 11.3 Å². The van der Waals surface area contributed by atoms with Crippen LogP contribution in [0.1, 0.15) is 16.7 Å². The SMILES string of the molecule is COc1c(I)cc(I)cc1/C=c1\sc2nc3cc(C)c(C)cc3n2c1=O. The van der Waals surface area contributed by atoms with E-state index >= 15 is 0 Å². The maximum atomic E-state index is 13.0. The molecule has 2 heterocycles. The summed E-state index contributed by atoms with van der Waals surface area (Å²) in [5, 5.41) is 0. The van der Waals surface area contributed by atoms with E-state index in [0.717, 1.165) is 40.0 Å². The fourth-order valence-electron chi connectivity index (χ4n) is 2.96. The summed E-state index contributed by atoms with van der Waals surface area (Å²) in [4.78, 5) is 18.4. The van der Waals surface area contributed by atoms with Gasteiger partial charge in [0.15, 0.2) is 4.96 Å². The fraction of sp³-hybridized carbons (Fsp3) is 0.158. The second-order valence-electron chi connectivity index (χ2n) is 6.08. The molecule has 7 heteroatoms. The van der Waals surface area contributed by atoms with E-state index in [1.165, 1.54) is 16.9 Å². The lowest BCUT2D eigenvalue weighted by atomic mass is 10.1. The molecule has 4 nitrogen and oxygen atoms in total. The van der Waals surface area contributed by atoms with E-state index in [4.69, 9.17) is 4.74 Å². The van der Waals surface area contributed by atoms with Crippen molar-refractivity contribution in [1.82, 2.24) is 9.38 Å². The zero-order valence-corrected chi connectivity index (χ0v) is 19.4. The van der Waals surface area contributed by atoms with Crippen LogP contribution in [0.15, 0.2) is 29.1 Å². The van der Waals surface area contributed by atoms with Gasteiger partial charge in [0.2, 0.25) is 0 Å². The maximum Gasteiger partial charge on any atom is 0.274 e. The van der Waals surface area contributed by atoms with Gasteiger partial charge in [0, 0.05) is 9.13 Å². The second-order valence-corrected chi connectivity index (χ2v) is 9.50. The number of hydrogen-bond acceptors (Lipinski definition) is 4. The average molecular weight is 588 g/mol. The third-order valence-electron chi connectivity index (χ3n) is 4.38. The summed E-state index contributed by atoms with van der Waals surface area (Å²) in [6, 6.07) is 8.15. The predicted octanol–water partition coefficient (Wildman–Crippen LogP) is 4.29. The molecular weight excluding hydrogens is 574 g/mol. The standard InChI is InChI=1S/C19H14I2N2O2S/c1-9-4-14-15(5-10(9)2)23-18(24)16(26-19(23)22-14)7-11-6-12(20)8-13(21)17(11)25-3/h4-8H,1-3H3/b16-7-. The van der Waals surface area contributed by atoms with E-state index in [1.54, 1.807) is 11.5 Å². The molecule has 0 bridgehead atoms. The highest BCUT2D eigenvalue weighted by Crippen LogP contribution is 2.29. The minimum atomic E-state index is -0.0355. The molecular formula is C19H14I2N2O2S. The Kier molecular flexibility index (Phi) is 4.72. The van der Waals surface area contributed by atoms with Crippen LogP contribution in [0.3, 0.4) is 0 Å². The van der Waals surface area contributed by atoms with Crippen molar-refractivity contribution >= 4 is 78.6 Å². The van der Waals surface area contributed by atoms with Gasteiger partial charge in [0.05, 0.1) is 26.2 Å². The average Bonchev–Trinajstić information content (AvgIpc) is 3.05. The van der Waals surface area contributed by atoms with Crippen LogP contribution in [0.25, 0.3) is 22.1 Å². The molecule has 0 fully saturated rings. The van der Waals surface area contributed by atoms with Gasteiger partial charge in [0.25, 0.3) is 5.56 Å². The summed E-state index contributed by atoms with van der Waals surface area (Å²) in [7, 11) is 1.65. The maximum absolute atomic E-state index is 13.0. The quantitative estimate of drug-likeness (QED) is 0.329. The van der Waals surface area contributed by atoms with Crippen LogP contribution in [0, 0.1) is 21.0 Å². The van der Waals surface area contributed by atoms with Gasteiger partial charge in [-0.25, -0.2) is 9.38 Å². The number of thiazole rings is 1. The first-order valence-corrected chi connectivity index (χ1v) is 10.8. The van der Waals surface area contributed by atoms with Crippen LogP contribution in [-0.4, -0.2) is 16.5 Å². The Bertz CT molecular complexity index is 1290. The van der Waals surface area contributed by atoms with E-state index in [2.05, 4.69) is 70.1 Å². The minimum absolute atomic E-state index is 0.0355. The van der Waals surface area contributed by atoms with Crippen LogP contribution < -0.4 is 14.8 Å². The lowest BCUT2D eigenvalue weighted by Gasteiger charge is -2.07. The molecule has 0 atom stereocenters. The molecule has 4 aromatic rings. The Hall–Kier alpha value is -1.20. The molecule has 0 saturated carbocycles. The summed E-state index contributed by atoms with van der Waals surface area (Å²) in [5.74, 6) is 0.785. The number of fused-ring (bicyclic) bond motifs is 3. The van der Waals surface area contributed by atoms with Crippen LogP contribution in [0.5, 0.6) is 5.75 Å². The molecule has 26 heavy (non-hydrogen) atoms. The monoisotopic (exact) mass is 588 g/mol. The van der Waals surface area contributed by atoms with E-state index in [9.17, 15) is 4.79 Å². The topological polar surface area (TPSA) is 43.6 Å². The van der Waals surface area contributed by atoms with Gasteiger partial charge in [-0.3, -0.25) is 4.79 Å². The Labute approximate surface area is 181 Å². The molecule has 4 rings (SSSR count). The number of benzene rings is 2. The highest BCUT2D eigenvalue weighted by atomic mass is 127. The van der Waals surface area contributed by atoms with Crippen molar-refractivity contribution in [2.75, 3.05) is 7.11 Å². The molecule has 0 aliphatic carbocycles. The number of hydrogen-bond donors (Lipinski definition) is 0. The number of aryl methyl sites for hydroxylation is 2. The fourth-order valence-corrected chi connectivity index (χ4v) is 6.05. The zero-order valence-electron chi connectivity index (χ0n) is 14.3. The van der Waals surface area contributed by atoms with E-state index in [-0.39, 0.29) is 5.56 Å². The van der Waals surface area contributed by atoms with Gasteiger partial charge in [-0.2, -0.15) is 0 Å². The number of ether oxygens (including phenoxy) is 1. The normalized spacial score (nSPS) is 12.4. The molecule has 2 aromatic heterocycles. The number of imidazole rings is 1. The van der Waals surface area contributed by atoms with Crippen molar-refractivity contribution in [3.8, 4) is 5.75 Å². The minimum Gasteiger partial charge on any atom is -0.495 e. The molecule has 0 radical (unpaired) electrons. The number of nitrogens with zero attached hydrogens (tertiary/aromatic N) is 2. The molecule has 0 aliphatic rings. The molecule has 2 aromatic carbocycles. The van der Waals surface area contributed by atoms with Crippen molar-refractivity contribution in [2.24, 2.45) is 0 Å². The molecule has 0 N–H and O–H groups in total. The predicted molar refractivity (Wildman–Crippen MR) is 124 cm³/mol. The van der Waals surface area contributed by atoms with Gasteiger partial charge in [-0.05, 0) is 100 Å². The van der Waals surface area contributed by atoms with Crippen LogP contribution in [0.2, 0.25) is 0 Å². The molecule has 0 aliphatic heterocycles. The third kappa shape index (κ3) is 2.93. The number of methoxy groups -OCH3 is 1. The highest BCUT2D eigenvalue weighted by molar-refractivity contribution is 14.1. The first-order valence-electron chi connectivity index (χ1n) is 7.86. The zero-order chi connectivity index (χ0) is 18.6. The number of rotatable bonds is 2. The summed E-state index contributed by atoms with van der Waals surface area (Å²) in [5.41, 5.74) is 4.94. The molecule has 0 saturated heterocycles. The summed E-state index contributed by atoms with van der Waals surface area (Å²) < 4.78 is 10.0. The highest BCUT2D eigenvalue weighted by Gasteiger charge is 2.14. The molecule has 132 valence electrons. The van der Waals surface area contributed by atoms with E-state index in [0.29, 0.717) is 4.53 Å². The van der Waals surface area contributed by atoms with Crippen LogP contribution >= 0.6 is 56.5 Å². The van der Waals surface area contributed by atoms with Crippen LogP contribution in [-0.2, 0) is 0 Å². The van der Waals surface area contributed by atoms with Crippen molar-refractivity contribution in [3.63, 3.8) is 0 Å². The Balaban J connectivity index is 2.02. The first kappa shape index (κ1) is 18.2. The van der Waals surface area contributed by atoms with Crippen LogP contribution in [0.4, 0.5) is 0 Å². The van der Waals surface area contributed by atoms with Gasteiger partial charge in [-0.15, -0.1) is 0 Å². The Morgan fingerprint density at radius 2 is 1.88 bits per heavy atom. The van der Waals surface area contributed by atoms with E-state index in [1.807, 2.05) is 24.3 Å². The lowest BCUT2D eigenvalue weighted by molar-refractivity contribution is 0.410. The summed E-state index contributed by atoms with van der Waals surface area (Å²) >= 11 is 5.94. The summed E-state index contributed by atoms with van der Waals surface area (Å²) in [6.45, 7) is 4.11. The largest absolute Gasteiger partial charge is 0.495 e. The van der Waals surface area contributed by atoms with Crippen molar-refractivity contribution < 1.29 is 4.74 Å². The number of aromatic nitrogens is 2. The lowest BCUT2D eigenvalue weighted by Crippen LogP contribution is -2.22. The third-order valence-corrected chi connectivity index (χ3v) is 6.78. The van der Waals surface area contributed by atoms with Crippen molar-refractivity contribution in [2.45, 2.75) is 13.8 Å². The molecule has 0 amide bonds. The molecule has 0 spiro atoms. The number of halogens is 2. The Morgan fingerprint density at radius 3 is 2.62 bits per heavy atom. The Morgan fingerprint density at radius 1 is 1.15 bits per heavy atom. The first-order chi connectivity index (χ1) is 12.4. The molecule has 0 unspecified atom stereocenters. The van der Waals surface area contributed by atoms with E-state index < -0.39 is 0 Å². The summed E-state index contributed by atoms with van der Waals surface area (Å²) in [6.07, 6.45) is 1.90. The van der Waals surface area contributed by atoms with Gasteiger partial charge in [0.1, 0.15) is 5.75 Å². The van der Waals surface area contributed by atoms with Gasteiger partial charge >= 0.3 is 0 Å². The smallest absolute Gasteiger partial charge is 0.274 e. The van der Waals surface area contributed by atoms with Gasteiger partial charge < -0.3 is 4.74 Å². The van der Waals surface area contributed by atoms with Crippen molar-refractivity contribution in [1.29, 1.82) is 0 Å².